The lowest BCUT2D eigenvalue weighted by Crippen LogP contribution is -2.44. The Kier molecular flexibility index (Phi) is 9.81. The molecule has 1 rings (SSSR count). The Labute approximate surface area is 128 Å². The van der Waals surface area contributed by atoms with Gasteiger partial charge in [0.25, 0.3) is 0 Å². The number of nitrogens with one attached hydrogen (secondary N) is 2. The number of halogens is 1. The third-order valence-corrected chi connectivity index (χ3v) is 2.94. The van der Waals surface area contributed by atoms with Gasteiger partial charge in [0.2, 0.25) is 0 Å². The zero-order valence-corrected chi connectivity index (χ0v) is 14.3. The molecule has 0 amide bonds. The molecule has 0 radical (unpaired) electrons. The van der Waals surface area contributed by atoms with E-state index in [1.165, 1.54) is 19.3 Å². The molecule has 18 heavy (non-hydrogen) atoms. The Morgan fingerprint density at radius 3 is 2.44 bits per heavy atom. The molecular formula is C13H28IN3O. The molecule has 0 bridgehead atoms. The van der Waals surface area contributed by atoms with Gasteiger partial charge in [-0.15, -0.1) is 24.0 Å². The van der Waals surface area contributed by atoms with Gasteiger partial charge in [0.15, 0.2) is 5.96 Å². The summed E-state index contributed by atoms with van der Waals surface area (Å²) in [5.41, 5.74) is 0.256. The van der Waals surface area contributed by atoms with Crippen molar-refractivity contribution in [1.82, 2.24) is 10.6 Å². The van der Waals surface area contributed by atoms with Crippen LogP contribution in [-0.2, 0) is 4.74 Å². The van der Waals surface area contributed by atoms with Crippen LogP contribution in [0.1, 0.15) is 40.0 Å². The van der Waals surface area contributed by atoms with Gasteiger partial charge in [-0.1, -0.05) is 26.7 Å². The molecule has 1 heterocycles. The van der Waals surface area contributed by atoms with Crippen molar-refractivity contribution in [3.63, 3.8) is 0 Å². The molecule has 1 aliphatic rings. The highest BCUT2D eigenvalue weighted by Gasteiger charge is 2.33. The van der Waals surface area contributed by atoms with E-state index in [0.29, 0.717) is 0 Å². The quantitative estimate of drug-likeness (QED) is 0.314. The standard InChI is InChI=1S/C13H27N3O.HI/c1-4-6-7-8-15-12(14-5-2)16-9-13(3)10-17-11-13;/h4-11H2,1-3H3,(H2,14,15,16);1H. The zero-order valence-electron chi connectivity index (χ0n) is 11.9. The van der Waals surface area contributed by atoms with Crippen LogP contribution in [0.25, 0.3) is 0 Å². The molecule has 5 heteroatoms. The number of hydrogen-bond acceptors (Lipinski definition) is 2. The maximum Gasteiger partial charge on any atom is 0.191 e. The Morgan fingerprint density at radius 1 is 1.22 bits per heavy atom. The molecule has 0 aromatic carbocycles. The summed E-state index contributed by atoms with van der Waals surface area (Å²) in [6.45, 7) is 11.0. The first-order chi connectivity index (χ1) is 8.20. The topological polar surface area (TPSA) is 45.7 Å². The van der Waals surface area contributed by atoms with E-state index >= 15 is 0 Å². The smallest absolute Gasteiger partial charge is 0.191 e. The minimum atomic E-state index is 0. The number of unbranched alkanes of at least 4 members (excludes halogenated alkanes) is 2. The average molecular weight is 369 g/mol. The molecule has 0 aromatic heterocycles. The largest absolute Gasteiger partial charge is 0.380 e. The van der Waals surface area contributed by atoms with Gasteiger partial charge < -0.3 is 15.4 Å². The predicted octanol–water partition coefficient (Wildman–Crippen LogP) is 2.39. The summed E-state index contributed by atoms with van der Waals surface area (Å²) in [5, 5.41) is 6.65. The number of rotatable bonds is 7. The van der Waals surface area contributed by atoms with Crippen molar-refractivity contribution in [2.75, 3.05) is 32.8 Å². The molecule has 0 unspecified atom stereocenters. The molecule has 1 saturated heterocycles. The molecule has 1 aliphatic heterocycles. The first kappa shape index (κ1) is 18.0. The van der Waals surface area contributed by atoms with E-state index in [1.807, 2.05) is 0 Å². The van der Waals surface area contributed by atoms with Crippen LogP contribution in [-0.4, -0.2) is 38.8 Å². The number of hydrogen-bond donors (Lipinski definition) is 2. The van der Waals surface area contributed by atoms with Crippen LogP contribution in [0, 0.1) is 5.41 Å². The van der Waals surface area contributed by atoms with Gasteiger partial charge in [0.1, 0.15) is 0 Å². The summed E-state index contributed by atoms with van der Waals surface area (Å²) in [6.07, 6.45) is 3.74. The van der Waals surface area contributed by atoms with Crippen molar-refractivity contribution in [3.8, 4) is 0 Å². The molecule has 1 fully saturated rings. The Balaban J connectivity index is 0.00000289. The highest BCUT2D eigenvalue weighted by atomic mass is 127. The molecular weight excluding hydrogens is 341 g/mol. The summed E-state index contributed by atoms with van der Waals surface area (Å²) >= 11 is 0. The highest BCUT2D eigenvalue weighted by Crippen LogP contribution is 2.26. The summed E-state index contributed by atoms with van der Waals surface area (Å²) in [5.74, 6) is 0.941. The Hall–Kier alpha value is -0.0400. The summed E-state index contributed by atoms with van der Waals surface area (Å²) < 4.78 is 5.23. The maximum atomic E-state index is 5.23. The molecule has 0 atom stereocenters. The third kappa shape index (κ3) is 6.78. The lowest BCUT2D eigenvalue weighted by molar-refractivity contribution is -0.0945. The predicted molar refractivity (Wildman–Crippen MR) is 87.8 cm³/mol. The van der Waals surface area contributed by atoms with Gasteiger partial charge in [0.05, 0.1) is 19.8 Å². The van der Waals surface area contributed by atoms with Gasteiger partial charge in [0, 0.05) is 18.5 Å². The fraction of sp³-hybridized carbons (Fsp3) is 0.923. The van der Waals surface area contributed by atoms with E-state index in [1.54, 1.807) is 0 Å². The van der Waals surface area contributed by atoms with Crippen molar-refractivity contribution in [2.45, 2.75) is 40.0 Å². The molecule has 4 nitrogen and oxygen atoms in total. The SMILES string of the molecule is CCCCCNC(=NCC1(C)COC1)NCC.I. The number of aliphatic imine (C=N–C) groups is 1. The fourth-order valence-corrected chi connectivity index (χ4v) is 1.74. The maximum absolute atomic E-state index is 5.23. The molecule has 2 N–H and O–H groups in total. The number of ether oxygens (including phenoxy) is 1. The molecule has 0 aromatic rings. The van der Waals surface area contributed by atoms with Gasteiger partial charge in [-0.25, -0.2) is 0 Å². The zero-order chi connectivity index (χ0) is 12.6. The number of guanidine groups is 1. The second-order valence-electron chi connectivity index (χ2n) is 5.13. The summed E-state index contributed by atoms with van der Waals surface area (Å²) in [7, 11) is 0. The first-order valence-corrected chi connectivity index (χ1v) is 6.80. The lowest BCUT2D eigenvalue weighted by atomic mass is 9.89. The third-order valence-electron chi connectivity index (χ3n) is 2.94. The van der Waals surface area contributed by atoms with Crippen molar-refractivity contribution in [3.05, 3.63) is 0 Å². The van der Waals surface area contributed by atoms with Crippen LogP contribution in [0.2, 0.25) is 0 Å². The van der Waals surface area contributed by atoms with Crippen molar-refractivity contribution in [2.24, 2.45) is 10.4 Å². The summed E-state index contributed by atoms with van der Waals surface area (Å²) in [4.78, 5) is 4.62. The van der Waals surface area contributed by atoms with E-state index in [4.69, 9.17) is 4.74 Å². The van der Waals surface area contributed by atoms with Crippen molar-refractivity contribution >= 4 is 29.9 Å². The second kappa shape index (κ2) is 9.83. The van der Waals surface area contributed by atoms with Crippen LogP contribution in [0.5, 0.6) is 0 Å². The Morgan fingerprint density at radius 2 is 1.94 bits per heavy atom. The number of nitrogens with zero attached hydrogens (tertiary/aromatic N) is 1. The minimum Gasteiger partial charge on any atom is -0.380 e. The van der Waals surface area contributed by atoms with E-state index in [2.05, 4.69) is 36.4 Å². The van der Waals surface area contributed by atoms with Gasteiger partial charge >= 0.3 is 0 Å². The minimum absolute atomic E-state index is 0. The van der Waals surface area contributed by atoms with E-state index in [-0.39, 0.29) is 29.4 Å². The van der Waals surface area contributed by atoms with E-state index < -0.39 is 0 Å². The monoisotopic (exact) mass is 369 g/mol. The summed E-state index contributed by atoms with van der Waals surface area (Å²) in [6, 6.07) is 0. The first-order valence-electron chi connectivity index (χ1n) is 6.80. The average Bonchev–Trinajstić information content (AvgIpc) is 2.29. The van der Waals surface area contributed by atoms with E-state index in [9.17, 15) is 0 Å². The molecule has 0 spiro atoms. The normalized spacial score (nSPS) is 17.6. The second-order valence-corrected chi connectivity index (χ2v) is 5.13. The highest BCUT2D eigenvalue weighted by molar-refractivity contribution is 14.0. The van der Waals surface area contributed by atoms with Crippen LogP contribution in [0.4, 0.5) is 0 Å². The Bertz CT molecular complexity index is 242. The van der Waals surface area contributed by atoms with Crippen molar-refractivity contribution < 1.29 is 4.74 Å². The fourth-order valence-electron chi connectivity index (χ4n) is 1.74. The molecule has 0 saturated carbocycles. The lowest BCUT2D eigenvalue weighted by Gasteiger charge is -2.36. The van der Waals surface area contributed by atoms with Gasteiger partial charge in [-0.2, -0.15) is 0 Å². The van der Waals surface area contributed by atoms with Gasteiger partial charge in [-0.05, 0) is 13.3 Å². The van der Waals surface area contributed by atoms with Crippen molar-refractivity contribution in [1.29, 1.82) is 0 Å². The molecule has 0 aliphatic carbocycles. The molecule has 108 valence electrons. The van der Waals surface area contributed by atoms with Crippen LogP contribution >= 0.6 is 24.0 Å². The van der Waals surface area contributed by atoms with Crippen LogP contribution < -0.4 is 10.6 Å². The van der Waals surface area contributed by atoms with Crippen LogP contribution in [0.15, 0.2) is 4.99 Å². The van der Waals surface area contributed by atoms with E-state index in [0.717, 1.165) is 38.8 Å². The van der Waals surface area contributed by atoms with Crippen LogP contribution in [0.3, 0.4) is 0 Å². The van der Waals surface area contributed by atoms with Gasteiger partial charge in [-0.3, -0.25) is 4.99 Å².